The molecule has 0 bridgehead atoms. The Morgan fingerprint density at radius 3 is 2.60 bits per heavy atom. The Labute approximate surface area is 146 Å². The van der Waals surface area contributed by atoms with E-state index in [9.17, 15) is 9.50 Å². The highest BCUT2D eigenvalue weighted by Crippen LogP contribution is 2.22. The van der Waals surface area contributed by atoms with Crippen LogP contribution in [0.2, 0.25) is 0 Å². The first kappa shape index (κ1) is 17.3. The van der Waals surface area contributed by atoms with Gasteiger partial charge in [-0.1, -0.05) is 12.1 Å². The molecule has 0 aliphatic rings. The van der Waals surface area contributed by atoms with Crippen LogP contribution in [-0.4, -0.2) is 26.4 Å². The van der Waals surface area contributed by atoms with Gasteiger partial charge in [-0.2, -0.15) is 5.10 Å². The molecule has 3 rings (SSSR count). The molecule has 1 atom stereocenters. The van der Waals surface area contributed by atoms with Gasteiger partial charge in [-0.25, -0.2) is 4.39 Å². The topological polar surface area (TPSA) is 63.0 Å². The van der Waals surface area contributed by atoms with E-state index in [-0.39, 0.29) is 5.82 Å². The van der Waals surface area contributed by atoms with Crippen molar-refractivity contribution in [2.45, 2.75) is 19.1 Å². The number of rotatable bonds is 6. The number of aliphatic hydroxyl groups is 1. The van der Waals surface area contributed by atoms with E-state index in [0.29, 0.717) is 18.7 Å². The Bertz CT molecular complexity index is 846. The monoisotopic (exact) mass is 340 g/mol. The molecule has 3 aromatic rings. The zero-order chi connectivity index (χ0) is 17.9. The lowest BCUT2D eigenvalue weighted by Crippen LogP contribution is -2.35. The van der Waals surface area contributed by atoms with E-state index in [2.05, 4.69) is 15.4 Å². The third-order valence-electron chi connectivity index (χ3n) is 4.18. The van der Waals surface area contributed by atoms with Crippen LogP contribution in [0.4, 0.5) is 4.39 Å². The number of hydrogen-bond acceptors (Lipinski definition) is 4. The zero-order valence-electron chi connectivity index (χ0n) is 14.3. The van der Waals surface area contributed by atoms with Crippen LogP contribution >= 0.6 is 0 Å². The largest absolute Gasteiger partial charge is 0.384 e. The van der Waals surface area contributed by atoms with Gasteiger partial charge in [0.25, 0.3) is 0 Å². The molecule has 25 heavy (non-hydrogen) atoms. The summed E-state index contributed by atoms with van der Waals surface area (Å²) in [4.78, 5) is 3.97. The normalized spacial score (nSPS) is 13.6. The van der Waals surface area contributed by atoms with E-state index in [4.69, 9.17) is 0 Å². The standard InChI is InChI=1S/C19H21FN4O/c1-19(25,17-11-23-24(2)12-17)13-22-10-16-4-3-15(9-18(16)20)14-5-7-21-8-6-14/h3-9,11-12,22,25H,10,13H2,1-2H3. The molecule has 6 heteroatoms. The lowest BCUT2D eigenvalue weighted by molar-refractivity contribution is 0.0565. The lowest BCUT2D eigenvalue weighted by Gasteiger charge is -2.22. The van der Waals surface area contributed by atoms with Crippen molar-refractivity contribution in [1.82, 2.24) is 20.1 Å². The highest BCUT2D eigenvalue weighted by atomic mass is 19.1. The van der Waals surface area contributed by atoms with E-state index < -0.39 is 5.60 Å². The Hall–Kier alpha value is -2.57. The molecular formula is C19H21FN4O. The van der Waals surface area contributed by atoms with Crippen molar-refractivity contribution in [3.63, 3.8) is 0 Å². The third kappa shape index (κ3) is 4.10. The predicted molar refractivity (Wildman–Crippen MR) is 94.1 cm³/mol. The van der Waals surface area contributed by atoms with Crippen LogP contribution < -0.4 is 5.32 Å². The Morgan fingerprint density at radius 2 is 1.96 bits per heavy atom. The summed E-state index contributed by atoms with van der Waals surface area (Å²) in [5, 5.41) is 17.7. The van der Waals surface area contributed by atoms with Gasteiger partial charge < -0.3 is 10.4 Å². The summed E-state index contributed by atoms with van der Waals surface area (Å²) in [7, 11) is 1.80. The molecule has 0 saturated heterocycles. The summed E-state index contributed by atoms with van der Waals surface area (Å²) >= 11 is 0. The van der Waals surface area contributed by atoms with Crippen molar-refractivity contribution in [3.05, 3.63) is 72.1 Å². The molecular weight excluding hydrogens is 319 g/mol. The maximum absolute atomic E-state index is 14.4. The van der Waals surface area contributed by atoms with Gasteiger partial charge in [-0.15, -0.1) is 0 Å². The van der Waals surface area contributed by atoms with Gasteiger partial charge in [0.1, 0.15) is 11.4 Å². The minimum Gasteiger partial charge on any atom is -0.384 e. The molecule has 0 radical (unpaired) electrons. The Balaban J connectivity index is 1.64. The second-order valence-corrected chi connectivity index (χ2v) is 6.32. The summed E-state index contributed by atoms with van der Waals surface area (Å²) in [5.74, 6) is -0.275. The maximum atomic E-state index is 14.4. The fraction of sp³-hybridized carbons (Fsp3) is 0.263. The van der Waals surface area contributed by atoms with E-state index in [1.54, 1.807) is 49.5 Å². The molecule has 1 unspecified atom stereocenters. The SMILES string of the molecule is Cn1cc(C(C)(O)CNCc2ccc(-c3ccncc3)cc2F)cn1. The predicted octanol–water partition coefficient (Wildman–Crippen LogP) is 2.62. The highest BCUT2D eigenvalue weighted by molar-refractivity contribution is 5.63. The molecule has 130 valence electrons. The molecule has 0 aliphatic heterocycles. The number of halogens is 1. The Morgan fingerprint density at radius 1 is 1.20 bits per heavy atom. The minimum atomic E-state index is -1.07. The molecule has 0 aliphatic carbocycles. The van der Waals surface area contributed by atoms with Gasteiger partial charge in [0.2, 0.25) is 0 Å². The quantitative estimate of drug-likeness (QED) is 0.724. The fourth-order valence-corrected chi connectivity index (χ4v) is 2.66. The van der Waals surface area contributed by atoms with E-state index >= 15 is 0 Å². The van der Waals surface area contributed by atoms with E-state index in [1.165, 1.54) is 6.07 Å². The molecule has 0 fully saturated rings. The van der Waals surface area contributed by atoms with Crippen LogP contribution in [0.3, 0.4) is 0 Å². The smallest absolute Gasteiger partial charge is 0.128 e. The molecule has 5 nitrogen and oxygen atoms in total. The van der Waals surface area contributed by atoms with Gasteiger partial charge in [0.15, 0.2) is 0 Å². The van der Waals surface area contributed by atoms with Crippen molar-refractivity contribution < 1.29 is 9.50 Å². The first-order valence-corrected chi connectivity index (χ1v) is 8.07. The average molecular weight is 340 g/mol. The first-order valence-electron chi connectivity index (χ1n) is 8.07. The number of aromatic nitrogens is 3. The van der Waals surface area contributed by atoms with Gasteiger partial charge in [-0.3, -0.25) is 9.67 Å². The maximum Gasteiger partial charge on any atom is 0.128 e. The lowest BCUT2D eigenvalue weighted by atomic mass is 9.99. The average Bonchev–Trinajstić information content (AvgIpc) is 3.04. The van der Waals surface area contributed by atoms with Gasteiger partial charge in [0, 0.05) is 49.9 Å². The highest BCUT2D eigenvalue weighted by Gasteiger charge is 2.24. The number of pyridine rings is 1. The fourth-order valence-electron chi connectivity index (χ4n) is 2.66. The van der Waals surface area contributed by atoms with Crippen molar-refractivity contribution in [2.75, 3.05) is 6.54 Å². The van der Waals surface area contributed by atoms with Crippen LogP contribution in [0.5, 0.6) is 0 Å². The Kier molecular flexibility index (Phi) is 4.92. The van der Waals surface area contributed by atoms with Crippen molar-refractivity contribution >= 4 is 0 Å². The van der Waals surface area contributed by atoms with E-state index in [1.807, 2.05) is 18.2 Å². The second-order valence-electron chi connectivity index (χ2n) is 6.32. The van der Waals surface area contributed by atoms with Crippen molar-refractivity contribution in [2.24, 2.45) is 7.05 Å². The summed E-state index contributed by atoms with van der Waals surface area (Å²) < 4.78 is 16.0. The molecule has 1 aromatic carbocycles. The van der Waals surface area contributed by atoms with E-state index in [0.717, 1.165) is 16.7 Å². The zero-order valence-corrected chi connectivity index (χ0v) is 14.3. The second kappa shape index (κ2) is 7.13. The molecule has 2 heterocycles. The van der Waals surface area contributed by atoms with Crippen LogP contribution in [0, 0.1) is 5.82 Å². The first-order chi connectivity index (χ1) is 12.0. The van der Waals surface area contributed by atoms with Crippen molar-refractivity contribution in [3.8, 4) is 11.1 Å². The molecule has 0 spiro atoms. The van der Waals surface area contributed by atoms with Crippen LogP contribution in [-0.2, 0) is 19.2 Å². The minimum absolute atomic E-state index is 0.275. The molecule has 2 aromatic heterocycles. The number of aryl methyl sites for hydroxylation is 1. The summed E-state index contributed by atoms with van der Waals surface area (Å²) in [6.07, 6.45) is 6.77. The molecule has 0 amide bonds. The number of benzene rings is 1. The molecule has 2 N–H and O–H groups in total. The van der Waals surface area contributed by atoms with Crippen LogP contribution in [0.25, 0.3) is 11.1 Å². The van der Waals surface area contributed by atoms with Crippen LogP contribution in [0.15, 0.2) is 55.1 Å². The van der Waals surface area contributed by atoms with Gasteiger partial charge in [0.05, 0.1) is 6.20 Å². The third-order valence-corrected chi connectivity index (χ3v) is 4.18. The van der Waals surface area contributed by atoms with Crippen LogP contribution in [0.1, 0.15) is 18.1 Å². The summed E-state index contributed by atoms with van der Waals surface area (Å²) in [6, 6.07) is 8.85. The van der Waals surface area contributed by atoms with Gasteiger partial charge >= 0.3 is 0 Å². The number of nitrogens with one attached hydrogen (secondary N) is 1. The number of nitrogens with zero attached hydrogens (tertiary/aromatic N) is 3. The van der Waals surface area contributed by atoms with Gasteiger partial charge in [-0.05, 0) is 36.2 Å². The van der Waals surface area contributed by atoms with Crippen molar-refractivity contribution in [1.29, 1.82) is 0 Å². The number of hydrogen-bond donors (Lipinski definition) is 2. The summed E-state index contributed by atoms with van der Waals surface area (Å²) in [5.41, 5.74) is 1.94. The molecule has 0 saturated carbocycles. The summed E-state index contributed by atoms with van der Waals surface area (Å²) in [6.45, 7) is 2.34.